The van der Waals surface area contributed by atoms with Crippen molar-refractivity contribution in [1.82, 2.24) is 5.06 Å². The summed E-state index contributed by atoms with van der Waals surface area (Å²) in [4.78, 5) is 10.5. The van der Waals surface area contributed by atoms with E-state index in [4.69, 9.17) is 9.47 Å². The Morgan fingerprint density at radius 2 is 1.89 bits per heavy atom. The van der Waals surface area contributed by atoms with Crippen molar-refractivity contribution < 1.29 is 14.3 Å². The maximum absolute atomic E-state index is 11.6. The second-order valence-corrected chi connectivity index (χ2v) is 14.3. The molecule has 0 aromatic heterocycles. The van der Waals surface area contributed by atoms with Gasteiger partial charge in [0.2, 0.25) is 0 Å². The summed E-state index contributed by atoms with van der Waals surface area (Å²) in [5.41, 5.74) is 0.799. The molecule has 0 aromatic rings. The van der Waals surface area contributed by atoms with E-state index >= 15 is 0 Å². The predicted octanol–water partition coefficient (Wildman–Crippen LogP) is 6.62. The van der Waals surface area contributed by atoms with E-state index in [1.807, 2.05) is 0 Å². The van der Waals surface area contributed by atoms with E-state index in [0.717, 1.165) is 53.4 Å². The van der Waals surface area contributed by atoms with Crippen molar-refractivity contribution in [3.05, 3.63) is 5.21 Å². The van der Waals surface area contributed by atoms with Crippen LogP contribution in [0.3, 0.4) is 0 Å². The summed E-state index contributed by atoms with van der Waals surface area (Å²) in [6, 6.07) is 0. The Morgan fingerprint density at radius 1 is 1.08 bits per heavy atom. The fourth-order valence-corrected chi connectivity index (χ4v) is 10.3. The number of aldehydes is 1. The molecule has 4 saturated carbocycles. The molecule has 0 aromatic carbocycles. The normalized spacial score (nSPS) is 46.1. The third-order valence-corrected chi connectivity index (χ3v) is 12.2. The largest absolute Gasteiger partial charge is 0.785 e. The number of rotatable bonds is 11. The molecule has 1 saturated heterocycles. The summed E-state index contributed by atoms with van der Waals surface area (Å²) < 4.78 is 12.9. The Hall–Kier alpha value is -0.490. The van der Waals surface area contributed by atoms with Crippen molar-refractivity contribution in [2.45, 2.75) is 123 Å². The van der Waals surface area contributed by atoms with Crippen LogP contribution in [0, 0.1) is 51.5 Å². The van der Waals surface area contributed by atoms with Gasteiger partial charge in [0, 0.05) is 24.9 Å². The number of hydrogen-bond acceptors (Lipinski definition) is 5. The summed E-state index contributed by atoms with van der Waals surface area (Å²) in [7, 11) is 0. The third kappa shape index (κ3) is 4.52. The molecular weight excluding hydrogens is 450 g/mol. The zero-order valence-corrected chi connectivity index (χ0v) is 23.7. The van der Waals surface area contributed by atoms with Crippen molar-refractivity contribution in [2.75, 3.05) is 19.7 Å². The highest BCUT2D eigenvalue weighted by Crippen LogP contribution is 2.74. The second-order valence-electron chi connectivity index (χ2n) is 14.3. The molecule has 1 heterocycles. The van der Waals surface area contributed by atoms with Crippen molar-refractivity contribution in [2.24, 2.45) is 46.3 Å². The van der Waals surface area contributed by atoms with E-state index in [-0.39, 0.29) is 30.2 Å². The van der Waals surface area contributed by atoms with Gasteiger partial charge in [0.1, 0.15) is 11.9 Å². The van der Waals surface area contributed by atoms with Gasteiger partial charge in [-0.3, -0.25) is 0 Å². The smallest absolute Gasteiger partial charge is 0.133 e. The van der Waals surface area contributed by atoms with Gasteiger partial charge in [0.15, 0.2) is 0 Å². The molecule has 1 spiro atoms. The minimum absolute atomic E-state index is 0.00686. The minimum atomic E-state index is -0.0675. The first-order chi connectivity index (χ1) is 17.1. The molecule has 5 fully saturated rings. The van der Waals surface area contributed by atoms with Crippen LogP contribution in [-0.4, -0.2) is 48.9 Å². The van der Waals surface area contributed by atoms with Gasteiger partial charge < -0.3 is 24.5 Å². The van der Waals surface area contributed by atoms with E-state index in [9.17, 15) is 10.0 Å². The van der Waals surface area contributed by atoms with Gasteiger partial charge in [-0.15, -0.1) is 0 Å². The van der Waals surface area contributed by atoms with Crippen molar-refractivity contribution in [3.8, 4) is 0 Å². The molecule has 5 nitrogen and oxygen atoms in total. The maximum Gasteiger partial charge on any atom is 0.133 e. The monoisotopic (exact) mass is 502 g/mol. The first-order valence-electron chi connectivity index (χ1n) is 15.3. The molecule has 5 unspecified atom stereocenters. The Labute approximate surface area is 220 Å². The van der Waals surface area contributed by atoms with Crippen molar-refractivity contribution in [3.63, 3.8) is 0 Å². The van der Waals surface area contributed by atoms with E-state index in [2.05, 4.69) is 34.6 Å². The van der Waals surface area contributed by atoms with Gasteiger partial charge in [0.25, 0.3) is 0 Å². The first kappa shape index (κ1) is 27.1. The predicted molar refractivity (Wildman–Crippen MR) is 143 cm³/mol. The van der Waals surface area contributed by atoms with Crippen molar-refractivity contribution >= 4 is 6.29 Å². The van der Waals surface area contributed by atoms with Crippen LogP contribution < -0.4 is 0 Å². The molecule has 5 rings (SSSR count). The molecule has 5 aliphatic rings. The Morgan fingerprint density at radius 3 is 2.64 bits per heavy atom. The van der Waals surface area contributed by atoms with Gasteiger partial charge in [-0.25, -0.2) is 0 Å². The topological polar surface area (TPSA) is 65.1 Å². The van der Waals surface area contributed by atoms with Gasteiger partial charge in [-0.05, 0) is 85.9 Å². The van der Waals surface area contributed by atoms with Crippen LogP contribution in [0.15, 0.2) is 0 Å². The molecule has 206 valence electrons. The molecule has 0 amide bonds. The quantitative estimate of drug-likeness (QED) is 0.180. The van der Waals surface area contributed by atoms with Gasteiger partial charge in [0.05, 0.1) is 18.8 Å². The number of ether oxygens (including phenoxy) is 2. The van der Waals surface area contributed by atoms with Crippen LogP contribution in [0.2, 0.25) is 0 Å². The number of carbonyl (C=O) groups is 1. The van der Waals surface area contributed by atoms with E-state index < -0.39 is 0 Å². The first-order valence-corrected chi connectivity index (χ1v) is 15.3. The SMILES string of the molecule is CC(C)CCC[C@@H](C)[C@H]1CCC2C3CC4OC45C[C@@H](OCCN([O-])CC=O)CC[C@]5(C)C3CC[C@@]21C. The van der Waals surface area contributed by atoms with E-state index in [1.54, 1.807) is 0 Å². The molecule has 0 N–H and O–H groups in total. The third-order valence-electron chi connectivity index (χ3n) is 12.2. The summed E-state index contributed by atoms with van der Waals surface area (Å²) in [6.07, 6.45) is 15.6. The van der Waals surface area contributed by atoms with Crippen LogP contribution in [-0.2, 0) is 14.3 Å². The highest BCUT2D eigenvalue weighted by Gasteiger charge is 2.76. The molecule has 4 aliphatic carbocycles. The summed E-state index contributed by atoms with van der Waals surface area (Å²) >= 11 is 0. The summed E-state index contributed by atoms with van der Waals surface area (Å²) in [5.74, 6) is 5.08. The fraction of sp³-hybridized carbons (Fsp3) is 0.968. The van der Waals surface area contributed by atoms with Crippen LogP contribution in [0.1, 0.15) is 105 Å². The standard InChI is InChI=1S/C31H52NO4/c1-21(2)7-6-8-22(3)25-9-10-26-24-19-28-31(36-28)20-23(35-18-16-32(34)15-17-33)11-14-30(31,5)27(24)12-13-29(25,26)4/h17,21-28H,6-16,18-20H2,1-5H3/q-1/t22-,23+,24?,25-,26?,27?,28?,29-,30-,31?/m1/s1. The number of hydrogen-bond donors (Lipinski definition) is 0. The molecule has 0 bridgehead atoms. The average Bonchev–Trinajstić information content (AvgIpc) is 3.40. The Balaban J connectivity index is 1.22. The van der Waals surface area contributed by atoms with E-state index in [0.29, 0.717) is 24.4 Å². The number of nitrogens with zero attached hydrogens (tertiary/aromatic N) is 1. The summed E-state index contributed by atoms with van der Waals surface area (Å²) in [5, 5.41) is 12.4. The van der Waals surface area contributed by atoms with E-state index in [1.165, 1.54) is 57.8 Å². The van der Waals surface area contributed by atoms with Crippen molar-refractivity contribution in [1.29, 1.82) is 0 Å². The number of hydroxylamine groups is 2. The highest BCUT2D eigenvalue weighted by molar-refractivity contribution is 5.52. The van der Waals surface area contributed by atoms with Gasteiger partial charge in [-0.2, -0.15) is 0 Å². The number of fused-ring (bicyclic) bond motifs is 4. The lowest BCUT2D eigenvalue weighted by Crippen LogP contribution is -2.59. The van der Waals surface area contributed by atoms with Gasteiger partial charge in [-0.1, -0.05) is 53.9 Å². The summed E-state index contributed by atoms with van der Waals surface area (Å²) in [6.45, 7) is 13.1. The Bertz CT molecular complexity index is 789. The lowest BCUT2D eigenvalue weighted by atomic mass is 9.44. The van der Waals surface area contributed by atoms with Crippen LogP contribution in [0.5, 0.6) is 0 Å². The van der Waals surface area contributed by atoms with Crippen LogP contribution in [0.25, 0.3) is 0 Å². The zero-order valence-electron chi connectivity index (χ0n) is 23.7. The molecule has 0 radical (unpaired) electrons. The zero-order chi connectivity index (χ0) is 25.7. The molecular formula is C31H52NO4-. The average molecular weight is 503 g/mol. The van der Waals surface area contributed by atoms with Crippen LogP contribution in [0.4, 0.5) is 0 Å². The lowest BCUT2D eigenvalue weighted by Gasteiger charge is -2.59. The molecule has 1 aliphatic heterocycles. The maximum atomic E-state index is 11.6. The second kappa shape index (κ2) is 10.2. The molecule has 36 heavy (non-hydrogen) atoms. The number of epoxide rings is 1. The number of carbonyl (C=O) groups excluding carboxylic acids is 1. The molecule has 10 atom stereocenters. The Kier molecular flexibility index (Phi) is 7.71. The minimum Gasteiger partial charge on any atom is -0.785 e. The highest BCUT2D eigenvalue weighted by atomic mass is 16.6. The van der Waals surface area contributed by atoms with Crippen LogP contribution >= 0.6 is 0 Å². The molecule has 5 heteroatoms. The lowest BCUT2D eigenvalue weighted by molar-refractivity contribution is -0.126. The fourth-order valence-electron chi connectivity index (χ4n) is 10.3. The van der Waals surface area contributed by atoms with Gasteiger partial charge >= 0.3 is 0 Å².